The van der Waals surface area contributed by atoms with E-state index in [1.54, 1.807) is 5.56 Å². The van der Waals surface area contributed by atoms with Gasteiger partial charge in [-0.3, -0.25) is 0 Å². The molecular weight excluding hydrogens is 348 g/mol. The van der Waals surface area contributed by atoms with Crippen molar-refractivity contribution in [3.05, 3.63) is 47.5 Å². The van der Waals surface area contributed by atoms with Crippen molar-refractivity contribution in [1.29, 1.82) is 0 Å². The normalized spacial score (nSPS) is 35.5. The molecule has 3 aliphatic carbocycles. The minimum Gasteiger partial charge on any atom is -0.0851 e. The number of hydrogen-bond donors (Lipinski definition) is 0. The molecule has 0 saturated heterocycles. The van der Waals surface area contributed by atoms with Crippen LogP contribution in [0.5, 0.6) is 0 Å². The smallest absolute Gasteiger partial charge is 0.0162 e. The molecule has 0 heteroatoms. The van der Waals surface area contributed by atoms with Gasteiger partial charge in [-0.25, -0.2) is 0 Å². The van der Waals surface area contributed by atoms with Crippen LogP contribution >= 0.6 is 0 Å². The SMILES string of the molecule is CCCc1ccc(C2CCC(C3CCC(C4C=CC(CC)CC4)CC3)CC2)cc1. The summed E-state index contributed by atoms with van der Waals surface area (Å²) in [6.07, 6.45) is 23.8. The van der Waals surface area contributed by atoms with Gasteiger partial charge in [-0.1, -0.05) is 56.7 Å². The van der Waals surface area contributed by atoms with Gasteiger partial charge in [-0.05, 0) is 124 Å². The summed E-state index contributed by atoms with van der Waals surface area (Å²) < 4.78 is 0. The Morgan fingerprint density at radius 1 is 0.655 bits per heavy atom. The van der Waals surface area contributed by atoms with Crippen LogP contribution in [0, 0.1) is 29.6 Å². The molecule has 0 aliphatic heterocycles. The van der Waals surface area contributed by atoms with Crippen LogP contribution in [-0.2, 0) is 6.42 Å². The first kappa shape index (κ1) is 21.2. The first-order valence-corrected chi connectivity index (χ1v) is 13.0. The second-order valence-corrected chi connectivity index (χ2v) is 10.6. The summed E-state index contributed by atoms with van der Waals surface area (Å²) in [4.78, 5) is 0. The summed E-state index contributed by atoms with van der Waals surface area (Å²) in [6, 6.07) is 9.63. The molecule has 0 heterocycles. The van der Waals surface area contributed by atoms with Crippen molar-refractivity contribution in [3.63, 3.8) is 0 Å². The van der Waals surface area contributed by atoms with E-state index < -0.39 is 0 Å². The molecule has 0 amide bonds. The molecule has 29 heavy (non-hydrogen) atoms. The van der Waals surface area contributed by atoms with E-state index >= 15 is 0 Å². The third-order valence-electron chi connectivity index (χ3n) is 8.88. The van der Waals surface area contributed by atoms with Crippen molar-refractivity contribution in [2.24, 2.45) is 29.6 Å². The maximum absolute atomic E-state index is 2.61. The van der Waals surface area contributed by atoms with E-state index in [1.165, 1.54) is 89.0 Å². The minimum atomic E-state index is 0.831. The predicted octanol–water partition coefficient (Wildman–Crippen LogP) is 8.71. The second-order valence-electron chi connectivity index (χ2n) is 10.6. The van der Waals surface area contributed by atoms with E-state index in [9.17, 15) is 0 Å². The third kappa shape index (κ3) is 5.36. The lowest BCUT2D eigenvalue weighted by atomic mass is 9.65. The van der Waals surface area contributed by atoms with Gasteiger partial charge in [0.05, 0.1) is 0 Å². The van der Waals surface area contributed by atoms with Crippen LogP contribution in [0.2, 0.25) is 0 Å². The molecule has 0 aromatic heterocycles. The lowest BCUT2D eigenvalue weighted by molar-refractivity contribution is 0.139. The highest BCUT2D eigenvalue weighted by molar-refractivity contribution is 5.26. The average molecular weight is 393 g/mol. The summed E-state index contributed by atoms with van der Waals surface area (Å²) >= 11 is 0. The molecule has 0 spiro atoms. The van der Waals surface area contributed by atoms with Crippen molar-refractivity contribution >= 4 is 0 Å². The highest BCUT2D eigenvalue weighted by Crippen LogP contribution is 2.46. The Labute approximate surface area is 180 Å². The quantitative estimate of drug-likeness (QED) is 0.425. The van der Waals surface area contributed by atoms with Gasteiger partial charge in [-0.2, -0.15) is 0 Å². The van der Waals surface area contributed by atoms with E-state index in [2.05, 4.69) is 50.3 Å². The Morgan fingerprint density at radius 3 is 1.83 bits per heavy atom. The summed E-state index contributed by atoms with van der Waals surface area (Å²) in [5, 5.41) is 0. The molecule has 160 valence electrons. The van der Waals surface area contributed by atoms with Crippen LogP contribution in [0.4, 0.5) is 0 Å². The Bertz CT molecular complexity index is 623. The van der Waals surface area contributed by atoms with Gasteiger partial charge in [0.25, 0.3) is 0 Å². The monoisotopic (exact) mass is 392 g/mol. The Balaban J connectivity index is 1.22. The van der Waals surface area contributed by atoms with Crippen LogP contribution in [-0.4, -0.2) is 0 Å². The van der Waals surface area contributed by atoms with Gasteiger partial charge < -0.3 is 0 Å². The summed E-state index contributed by atoms with van der Waals surface area (Å²) in [5.74, 6) is 5.68. The lowest BCUT2D eigenvalue weighted by Crippen LogP contribution is -2.28. The third-order valence-corrected chi connectivity index (χ3v) is 8.88. The van der Waals surface area contributed by atoms with E-state index in [4.69, 9.17) is 0 Å². The molecule has 0 nitrogen and oxygen atoms in total. The Kier molecular flexibility index (Phi) is 7.54. The zero-order valence-corrected chi connectivity index (χ0v) is 19.1. The van der Waals surface area contributed by atoms with Crippen LogP contribution in [0.1, 0.15) is 108 Å². The number of aryl methyl sites for hydroxylation is 1. The van der Waals surface area contributed by atoms with Gasteiger partial charge in [0.1, 0.15) is 0 Å². The summed E-state index contributed by atoms with van der Waals surface area (Å²) in [7, 11) is 0. The standard InChI is InChI=1S/C29H44/c1-3-5-23-8-12-25(13-9-23)27-16-20-29(21-17-27)28-18-14-26(15-19-28)24-10-6-22(4-2)7-11-24/h6,8-10,12-13,22,24,26-29H,3-5,7,11,14-21H2,1-2H3. The number of allylic oxidation sites excluding steroid dienone is 2. The topological polar surface area (TPSA) is 0 Å². The highest BCUT2D eigenvalue weighted by atomic mass is 14.4. The second kappa shape index (κ2) is 10.3. The molecule has 1 aromatic carbocycles. The van der Waals surface area contributed by atoms with Crippen molar-refractivity contribution in [3.8, 4) is 0 Å². The van der Waals surface area contributed by atoms with Crippen molar-refractivity contribution in [2.45, 2.75) is 103 Å². The Hall–Kier alpha value is -1.04. The minimum absolute atomic E-state index is 0.831. The van der Waals surface area contributed by atoms with Crippen molar-refractivity contribution in [2.75, 3.05) is 0 Å². The van der Waals surface area contributed by atoms with E-state index in [-0.39, 0.29) is 0 Å². The molecular formula is C29H44. The molecule has 2 saturated carbocycles. The van der Waals surface area contributed by atoms with Gasteiger partial charge in [0.15, 0.2) is 0 Å². The van der Waals surface area contributed by atoms with Crippen LogP contribution in [0.15, 0.2) is 36.4 Å². The van der Waals surface area contributed by atoms with Crippen LogP contribution in [0.25, 0.3) is 0 Å². The van der Waals surface area contributed by atoms with Gasteiger partial charge >= 0.3 is 0 Å². The van der Waals surface area contributed by atoms with E-state index in [0.29, 0.717) is 0 Å². The molecule has 1 aromatic rings. The van der Waals surface area contributed by atoms with Gasteiger partial charge in [0, 0.05) is 0 Å². The van der Waals surface area contributed by atoms with Crippen molar-refractivity contribution < 1.29 is 0 Å². The molecule has 0 radical (unpaired) electrons. The van der Waals surface area contributed by atoms with E-state index in [0.717, 1.165) is 35.5 Å². The molecule has 2 unspecified atom stereocenters. The lowest BCUT2D eigenvalue weighted by Gasteiger charge is -2.40. The molecule has 0 bridgehead atoms. The summed E-state index contributed by atoms with van der Waals surface area (Å²) in [5.41, 5.74) is 3.13. The van der Waals surface area contributed by atoms with Gasteiger partial charge in [-0.15, -0.1) is 0 Å². The first-order valence-electron chi connectivity index (χ1n) is 13.0. The summed E-state index contributed by atoms with van der Waals surface area (Å²) in [6.45, 7) is 4.62. The maximum atomic E-state index is 2.61. The number of rotatable bonds is 6. The predicted molar refractivity (Wildman–Crippen MR) is 126 cm³/mol. The Morgan fingerprint density at radius 2 is 1.28 bits per heavy atom. The van der Waals surface area contributed by atoms with Crippen LogP contribution in [0.3, 0.4) is 0 Å². The zero-order valence-electron chi connectivity index (χ0n) is 19.1. The molecule has 0 N–H and O–H groups in total. The number of benzene rings is 1. The maximum Gasteiger partial charge on any atom is -0.0162 e. The fraction of sp³-hybridized carbons (Fsp3) is 0.724. The molecule has 2 fully saturated rings. The average Bonchev–Trinajstić information content (AvgIpc) is 2.80. The first-order chi connectivity index (χ1) is 14.3. The largest absolute Gasteiger partial charge is 0.0851 e. The fourth-order valence-corrected chi connectivity index (χ4v) is 6.85. The molecule has 4 rings (SSSR count). The zero-order chi connectivity index (χ0) is 20.1. The number of hydrogen-bond acceptors (Lipinski definition) is 0. The van der Waals surface area contributed by atoms with Gasteiger partial charge in [0.2, 0.25) is 0 Å². The fourth-order valence-electron chi connectivity index (χ4n) is 6.85. The van der Waals surface area contributed by atoms with Crippen molar-refractivity contribution in [1.82, 2.24) is 0 Å². The highest BCUT2D eigenvalue weighted by Gasteiger charge is 2.33. The molecule has 2 atom stereocenters. The van der Waals surface area contributed by atoms with E-state index in [1.807, 2.05) is 0 Å². The van der Waals surface area contributed by atoms with Crippen LogP contribution < -0.4 is 0 Å². The molecule has 3 aliphatic rings.